The van der Waals surface area contributed by atoms with Gasteiger partial charge in [0.15, 0.2) is 0 Å². The van der Waals surface area contributed by atoms with Gasteiger partial charge in [0.05, 0.1) is 11.7 Å². The molecule has 2 aromatic rings. The van der Waals surface area contributed by atoms with E-state index in [1.165, 1.54) is 0 Å². The van der Waals surface area contributed by atoms with Gasteiger partial charge in [-0.3, -0.25) is 0 Å². The molecular weight excluding hydrogens is 212 g/mol. The highest BCUT2D eigenvalue weighted by atomic mass is 16.3. The molecule has 0 spiro atoms. The summed E-state index contributed by atoms with van der Waals surface area (Å²) in [5.74, 6) is 0. The lowest BCUT2D eigenvalue weighted by Crippen LogP contribution is -2.37. The van der Waals surface area contributed by atoms with Crippen LogP contribution in [0, 0.1) is 0 Å². The number of fused-ring (bicyclic) bond motifs is 1. The molecule has 0 radical (unpaired) electrons. The van der Waals surface area contributed by atoms with Crippen LogP contribution in [0.1, 0.15) is 19.4 Å². The molecule has 0 amide bonds. The first kappa shape index (κ1) is 12.1. The lowest BCUT2D eigenvalue weighted by molar-refractivity contribution is -0.0468. The lowest BCUT2D eigenvalue weighted by Gasteiger charge is -2.24. The van der Waals surface area contributed by atoms with Crippen molar-refractivity contribution >= 4 is 10.8 Å². The van der Waals surface area contributed by atoms with E-state index in [-0.39, 0.29) is 0 Å². The second kappa shape index (κ2) is 4.47. The molecule has 17 heavy (non-hydrogen) atoms. The molecule has 2 rings (SSSR count). The maximum atomic E-state index is 9.95. The Balaban J connectivity index is 2.36. The Bertz CT molecular complexity index is 506. The summed E-state index contributed by atoms with van der Waals surface area (Å²) in [7, 11) is 0. The first-order valence-corrected chi connectivity index (χ1v) is 5.85. The average Bonchev–Trinajstić information content (AvgIpc) is 2.28. The second-order valence-electron chi connectivity index (χ2n) is 5.01. The largest absolute Gasteiger partial charge is 0.390 e. The van der Waals surface area contributed by atoms with E-state index in [0.717, 1.165) is 16.3 Å². The van der Waals surface area contributed by atoms with Crippen molar-refractivity contribution in [3.05, 3.63) is 48.0 Å². The number of aliphatic hydroxyl groups excluding tert-OH is 1. The molecule has 1 atom stereocenters. The molecule has 2 heteroatoms. The molecule has 1 unspecified atom stereocenters. The van der Waals surface area contributed by atoms with Gasteiger partial charge in [0, 0.05) is 6.42 Å². The topological polar surface area (TPSA) is 40.5 Å². The van der Waals surface area contributed by atoms with Gasteiger partial charge >= 0.3 is 0 Å². The van der Waals surface area contributed by atoms with Crippen LogP contribution < -0.4 is 0 Å². The van der Waals surface area contributed by atoms with Crippen molar-refractivity contribution in [2.75, 3.05) is 0 Å². The molecule has 0 aromatic heterocycles. The summed E-state index contributed by atoms with van der Waals surface area (Å²) in [5, 5.41) is 22.0. The molecular formula is C15H18O2. The Kier molecular flexibility index (Phi) is 3.18. The monoisotopic (exact) mass is 230 g/mol. The Hall–Kier alpha value is -1.38. The molecule has 0 aliphatic heterocycles. The van der Waals surface area contributed by atoms with Crippen LogP contribution in [0.15, 0.2) is 42.5 Å². The van der Waals surface area contributed by atoms with Gasteiger partial charge in [-0.05, 0) is 30.2 Å². The fraction of sp³-hybridized carbons (Fsp3) is 0.333. The predicted molar refractivity (Wildman–Crippen MR) is 70.0 cm³/mol. The van der Waals surface area contributed by atoms with E-state index < -0.39 is 11.7 Å². The zero-order valence-corrected chi connectivity index (χ0v) is 10.2. The van der Waals surface area contributed by atoms with E-state index in [1.54, 1.807) is 13.8 Å². The Morgan fingerprint density at radius 2 is 1.71 bits per heavy atom. The van der Waals surface area contributed by atoms with Crippen molar-refractivity contribution in [1.29, 1.82) is 0 Å². The van der Waals surface area contributed by atoms with Crippen molar-refractivity contribution in [3.63, 3.8) is 0 Å². The SMILES string of the molecule is CC(C)(O)C(O)Cc1cccc2ccccc12. The minimum absolute atomic E-state index is 0.463. The third-order valence-corrected chi connectivity index (χ3v) is 3.11. The van der Waals surface area contributed by atoms with Crippen molar-refractivity contribution < 1.29 is 10.2 Å². The second-order valence-corrected chi connectivity index (χ2v) is 5.01. The third kappa shape index (κ3) is 2.65. The van der Waals surface area contributed by atoms with Crippen LogP contribution in [-0.4, -0.2) is 21.9 Å². The molecule has 2 nitrogen and oxygen atoms in total. The Morgan fingerprint density at radius 3 is 2.41 bits per heavy atom. The van der Waals surface area contributed by atoms with Gasteiger partial charge in [0.1, 0.15) is 0 Å². The molecule has 0 aliphatic carbocycles. The van der Waals surface area contributed by atoms with Crippen molar-refractivity contribution in [2.24, 2.45) is 0 Å². The average molecular weight is 230 g/mol. The molecule has 0 heterocycles. The number of aliphatic hydroxyl groups is 2. The van der Waals surface area contributed by atoms with Crippen LogP contribution in [0.4, 0.5) is 0 Å². The van der Waals surface area contributed by atoms with E-state index >= 15 is 0 Å². The minimum atomic E-state index is -1.07. The summed E-state index contributed by atoms with van der Waals surface area (Å²) in [5.41, 5.74) is -0.00514. The van der Waals surface area contributed by atoms with Crippen molar-refractivity contribution in [1.82, 2.24) is 0 Å². The molecule has 2 aromatic carbocycles. The van der Waals surface area contributed by atoms with Crippen molar-refractivity contribution in [2.45, 2.75) is 32.0 Å². The zero-order chi connectivity index (χ0) is 12.5. The van der Waals surface area contributed by atoms with E-state index in [2.05, 4.69) is 12.1 Å². The molecule has 90 valence electrons. The van der Waals surface area contributed by atoms with E-state index in [1.807, 2.05) is 30.3 Å². The first-order valence-electron chi connectivity index (χ1n) is 5.85. The quantitative estimate of drug-likeness (QED) is 0.850. The molecule has 0 saturated carbocycles. The van der Waals surface area contributed by atoms with Gasteiger partial charge in [-0.2, -0.15) is 0 Å². The van der Waals surface area contributed by atoms with Gasteiger partial charge < -0.3 is 10.2 Å². The van der Waals surface area contributed by atoms with Crippen LogP contribution in [0.3, 0.4) is 0 Å². The van der Waals surface area contributed by atoms with Gasteiger partial charge in [-0.1, -0.05) is 42.5 Å². The van der Waals surface area contributed by atoms with E-state index in [0.29, 0.717) is 6.42 Å². The van der Waals surface area contributed by atoms with Crippen LogP contribution in [0.25, 0.3) is 10.8 Å². The van der Waals surface area contributed by atoms with Crippen LogP contribution in [0.2, 0.25) is 0 Å². The van der Waals surface area contributed by atoms with Gasteiger partial charge in [-0.15, -0.1) is 0 Å². The zero-order valence-electron chi connectivity index (χ0n) is 10.2. The number of rotatable bonds is 3. The molecule has 2 N–H and O–H groups in total. The Labute approximate surface area is 102 Å². The fourth-order valence-electron chi connectivity index (χ4n) is 1.93. The lowest BCUT2D eigenvalue weighted by atomic mass is 9.92. The van der Waals surface area contributed by atoms with E-state index in [9.17, 15) is 10.2 Å². The maximum Gasteiger partial charge on any atom is 0.0862 e. The number of hydrogen-bond acceptors (Lipinski definition) is 2. The van der Waals surface area contributed by atoms with Gasteiger partial charge in [-0.25, -0.2) is 0 Å². The predicted octanol–water partition coefficient (Wildman–Crippen LogP) is 2.51. The fourth-order valence-corrected chi connectivity index (χ4v) is 1.93. The molecule has 0 aliphatic rings. The maximum absolute atomic E-state index is 9.95. The smallest absolute Gasteiger partial charge is 0.0862 e. The van der Waals surface area contributed by atoms with Crippen LogP contribution in [-0.2, 0) is 6.42 Å². The summed E-state index contributed by atoms with van der Waals surface area (Å²) in [4.78, 5) is 0. The minimum Gasteiger partial charge on any atom is -0.390 e. The number of hydrogen-bond donors (Lipinski definition) is 2. The summed E-state index contributed by atoms with van der Waals surface area (Å²) < 4.78 is 0. The highest BCUT2D eigenvalue weighted by Gasteiger charge is 2.24. The highest BCUT2D eigenvalue weighted by molar-refractivity contribution is 5.85. The first-order chi connectivity index (χ1) is 7.98. The van der Waals surface area contributed by atoms with Gasteiger partial charge in [0.25, 0.3) is 0 Å². The summed E-state index contributed by atoms with van der Waals surface area (Å²) in [6.45, 7) is 3.26. The Morgan fingerprint density at radius 1 is 1.06 bits per heavy atom. The normalized spacial score (nSPS) is 13.9. The summed E-state index contributed by atoms with van der Waals surface area (Å²) in [6.07, 6.45) is -0.293. The summed E-state index contributed by atoms with van der Waals surface area (Å²) in [6, 6.07) is 14.1. The van der Waals surface area contributed by atoms with Gasteiger partial charge in [0.2, 0.25) is 0 Å². The molecule has 0 bridgehead atoms. The molecule has 0 saturated heterocycles. The third-order valence-electron chi connectivity index (χ3n) is 3.11. The van der Waals surface area contributed by atoms with Crippen LogP contribution >= 0.6 is 0 Å². The standard InChI is InChI=1S/C15H18O2/c1-15(2,17)14(16)10-12-8-5-7-11-6-3-4-9-13(11)12/h3-9,14,16-17H,10H2,1-2H3. The number of benzene rings is 2. The van der Waals surface area contributed by atoms with Crippen molar-refractivity contribution in [3.8, 4) is 0 Å². The van der Waals surface area contributed by atoms with Crippen LogP contribution in [0.5, 0.6) is 0 Å². The van der Waals surface area contributed by atoms with E-state index in [4.69, 9.17) is 0 Å². The highest BCUT2D eigenvalue weighted by Crippen LogP contribution is 2.22. The molecule has 0 fully saturated rings. The summed E-state index contributed by atoms with van der Waals surface area (Å²) >= 11 is 0.